The van der Waals surface area contributed by atoms with Gasteiger partial charge in [-0.15, -0.1) is 0 Å². The standard InChI is InChI=1S/C11H10ClF3O/c12-9-5-2-1-4-8(9)10(16)6-3-7-11(13,14)15/h1-2,4-5H,3,6-7H2. The van der Waals surface area contributed by atoms with Crippen molar-refractivity contribution in [3.05, 3.63) is 34.9 Å². The van der Waals surface area contributed by atoms with Gasteiger partial charge in [0.2, 0.25) is 0 Å². The first kappa shape index (κ1) is 13.0. The van der Waals surface area contributed by atoms with Crippen LogP contribution in [0.4, 0.5) is 13.2 Å². The molecule has 0 spiro atoms. The first-order chi connectivity index (χ1) is 7.40. The molecule has 88 valence electrons. The zero-order valence-corrected chi connectivity index (χ0v) is 9.11. The highest BCUT2D eigenvalue weighted by molar-refractivity contribution is 6.33. The molecule has 1 aromatic carbocycles. The van der Waals surface area contributed by atoms with Gasteiger partial charge in [0.05, 0.1) is 5.02 Å². The number of halogens is 4. The third-order valence-electron chi connectivity index (χ3n) is 2.04. The van der Waals surface area contributed by atoms with E-state index < -0.39 is 12.6 Å². The Kier molecular flexibility index (Phi) is 4.35. The molecule has 0 aliphatic heterocycles. The van der Waals surface area contributed by atoms with Gasteiger partial charge in [0.25, 0.3) is 0 Å². The van der Waals surface area contributed by atoms with Crippen LogP contribution in [0, 0.1) is 0 Å². The summed E-state index contributed by atoms with van der Waals surface area (Å²) in [7, 11) is 0. The number of hydrogen-bond donors (Lipinski definition) is 0. The number of hydrogen-bond acceptors (Lipinski definition) is 1. The summed E-state index contributed by atoms with van der Waals surface area (Å²) < 4.78 is 35.6. The van der Waals surface area contributed by atoms with Crippen molar-refractivity contribution in [2.45, 2.75) is 25.4 Å². The van der Waals surface area contributed by atoms with Crippen LogP contribution in [0.25, 0.3) is 0 Å². The molecule has 0 fully saturated rings. The fraction of sp³-hybridized carbons (Fsp3) is 0.364. The maximum Gasteiger partial charge on any atom is 0.389 e. The summed E-state index contributed by atoms with van der Waals surface area (Å²) in [6.45, 7) is 0. The number of Topliss-reactive ketones (excluding diaryl/α,β-unsaturated/α-hetero) is 1. The van der Waals surface area contributed by atoms with Gasteiger partial charge in [0, 0.05) is 18.4 Å². The minimum absolute atomic E-state index is 0.136. The average molecular weight is 251 g/mol. The molecule has 5 heteroatoms. The predicted molar refractivity (Wildman–Crippen MR) is 55.7 cm³/mol. The Hall–Kier alpha value is -1.03. The van der Waals surface area contributed by atoms with E-state index in [0.717, 1.165) is 0 Å². The molecule has 0 radical (unpaired) electrons. The molecule has 0 aliphatic carbocycles. The molecule has 0 unspecified atom stereocenters. The van der Waals surface area contributed by atoms with Crippen LogP contribution in [-0.2, 0) is 0 Å². The molecular formula is C11H10ClF3O. The number of benzene rings is 1. The third-order valence-corrected chi connectivity index (χ3v) is 2.37. The molecule has 1 aromatic rings. The van der Waals surface area contributed by atoms with Crippen LogP contribution in [0.1, 0.15) is 29.6 Å². The summed E-state index contributed by atoms with van der Waals surface area (Å²) in [5.41, 5.74) is 0.284. The number of alkyl halides is 3. The molecule has 0 heterocycles. The second-order valence-electron chi connectivity index (χ2n) is 3.37. The molecule has 0 atom stereocenters. The number of carbonyl (C=O) groups is 1. The molecule has 1 rings (SSSR count). The second-order valence-corrected chi connectivity index (χ2v) is 3.78. The summed E-state index contributed by atoms with van der Waals surface area (Å²) in [4.78, 5) is 11.5. The Morgan fingerprint density at radius 3 is 2.44 bits per heavy atom. The van der Waals surface area contributed by atoms with Crippen LogP contribution >= 0.6 is 11.6 Å². The van der Waals surface area contributed by atoms with E-state index >= 15 is 0 Å². The molecule has 0 saturated carbocycles. The van der Waals surface area contributed by atoms with Gasteiger partial charge in [0.15, 0.2) is 5.78 Å². The molecule has 0 aliphatic rings. The normalized spacial score (nSPS) is 11.5. The van der Waals surface area contributed by atoms with Gasteiger partial charge in [0.1, 0.15) is 0 Å². The molecule has 0 N–H and O–H groups in total. The van der Waals surface area contributed by atoms with Gasteiger partial charge in [-0.1, -0.05) is 23.7 Å². The monoisotopic (exact) mass is 250 g/mol. The SMILES string of the molecule is O=C(CCCC(F)(F)F)c1ccccc1Cl. The van der Waals surface area contributed by atoms with Crippen molar-refractivity contribution in [3.8, 4) is 0 Å². The number of rotatable bonds is 4. The van der Waals surface area contributed by atoms with E-state index in [2.05, 4.69) is 0 Å². The highest BCUT2D eigenvalue weighted by Crippen LogP contribution is 2.24. The smallest absolute Gasteiger partial charge is 0.294 e. The lowest BCUT2D eigenvalue weighted by Gasteiger charge is -2.06. The maximum atomic E-state index is 11.9. The van der Waals surface area contributed by atoms with E-state index in [0.29, 0.717) is 0 Å². The van der Waals surface area contributed by atoms with E-state index in [9.17, 15) is 18.0 Å². The molecule has 1 nitrogen and oxygen atoms in total. The Bertz CT molecular complexity index is 374. The van der Waals surface area contributed by atoms with Crippen LogP contribution in [0.15, 0.2) is 24.3 Å². The van der Waals surface area contributed by atoms with Crippen molar-refractivity contribution >= 4 is 17.4 Å². The van der Waals surface area contributed by atoms with E-state index in [1.807, 2.05) is 0 Å². The van der Waals surface area contributed by atoms with Crippen LogP contribution in [0.5, 0.6) is 0 Å². The van der Waals surface area contributed by atoms with Crippen LogP contribution in [-0.4, -0.2) is 12.0 Å². The molecule has 0 bridgehead atoms. The van der Waals surface area contributed by atoms with Crippen molar-refractivity contribution in [1.29, 1.82) is 0 Å². The van der Waals surface area contributed by atoms with Crippen molar-refractivity contribution in [3.63, 3.8) is 0 Å². The zero-order chi connectivity index (χ0) is 12.2. The van der Waals surface area contributed by atoms with Crippen molar-refractivity contribution in [1.82, 2.24) is 0 Å². The fourth-order valence-corrected chi connectivity index (χ4v) is 1.51. The summed E-state index contributed by atoms with van der Waals surface area (Å²) >= 11 is 5.74. The largest absolute Gasteiger partial charge is 0.389 e. The zero-order valence-electron chi connectivity index (χ0n) is 8.35. The number of carbonyl (C=O) groups excluding carboxylic acids is 1. The van der Waals surface area contributed by atoms with Crippen molar-refractivity contribution in [2.75, 3.05) is 0 Å². The summed E-state index contributed by atoms with van der Waals surface area (Å²) in [5, 5.41) is 0.277. The van der Waals surface area contributed by atoms with E-state index in [4.69, 9.17) is 11.6 Å². The first-order valence-electron chi connectivity index (χ1n) is 4.74. The minimum atomic E-state index is -4.21. The van der Waals surface area contributed by atoms with Gasteiger partial charge in [-0.25, -0.2) is 0 Å². The highest BCUT2D eigenvalue weighted by atomic mass is 35.5. The topological polar surface area (TPSA) is 17.1 Å². The summed E-state index contributed by atoms with van der Waals surface area (Å²) in [5.74, 6) is -0.352. The van der Waals surface area contributed by atoms with E-state index in [-0.39, 0.29) is 29.2 Å². The van der Waals surface area contributed by atoms with Gasteiger partial charge >= 0.3 is 6.18 Å². The lowest BCUT2D eigenvalue weighted by Crippen LogP contribution is -2.08. The molecule has 0 amide bonds. The Balaban J connectivity index is 2.51. The number of ketones is 1. The van der Waals surface area contributed by atoms with Gasteiger partial charge in [-0.05, 0) is 18.6 Å². The second kappa shape index (κ2) is 5.34. The van der Waals surface area contributed by atoms with Gasteiger partial charge in [-0.3, -0.25) is 4.79 Å². The minimum Gasteiger partial charge on any atom is -0.294 e. The Morgan fingerprint density at radius 1 is 1.25 bits per heavy atom. The van der Waals surface area contributed by atoms with Gasteiger partial charge < -0.3 is 0 Å². The Labute approximate surface area is 96.2 Å². The molecule has 0 aromatic heterocycles. The quantitative estimate of drug-likeness (QED) is 0.730. The summed E-state index contributed by atoms with van der Waals surface area (Å²) in [6.07, 6.45) is -5.49. The van der Waals surface area contributed by atoms with Crippen LogP contribution < -0.4 is 0 Å². The average Bonchev–Trinajstić information content (AvgIpc) is 2.16. The maximum absolute atomic E-state index is 11.9. The van der Waals surface area contributed by atoms with E-state index in [1.165, 1.54) is 6.07 Å². The predicted octanol–water partition coefficient (Wildman–Crippen LogP) is 4.26. The first-order valence-corrected chi connectivity index (χ1v) is 5.12. The lowest BCUT2D eigenvalue weighted by molar-refractivity contribution is -0.135. The van der Waals surface area contributed by atoms with E-state index in [1.54, 1.807) is 18.2 Å². The van der Waals surface area contributed by atoms with Crippen LogP contribution in [0.3, 0.4) is 0 Å². The van der Waals surface area contributed by atoms with Gasteiger partial charge in [-0.2, -0.15) is 13.2 Å². The fourth-order valence-electron chi connectivity index (χ4n) is 1.27. The van der Waals surface area contributed by atoms with Crippen molar-refractivity contribution in [2.24, 2.45) is 0 Å². The molecular weight excluding hydrogens is 241 g/mol. The molecule has 0 saturated heterocycles. The third kappa shape index (κ3) is 4.23. The van der Waals surface area contributed by atoms with Crippen LogP contribution in [0.2, 0.25) is 5.02 Å². The van der Waals surface area contributed by atoms with Crippen molar-refractivity contribution < 1.29 is 18.0 Å². The summed E-state index contributed by atoms with van der Waals surface area (Å²) in [6, 6.07) is 6.34. The Morgan fingerprint density at radius 2 is 1.88 bits per heavy atom. The molecule has 16 heavy (non-hydrogen) atoms. The lowest BCUT2D eigenvalue weighted by atomic mass is 10.1. The highest BCUT2D eigenvalue weighted by Gasteiger charge is 2.26.